The minimum Gasteiger partial charge on any atom is -0.390 e. The minimum atomic E-state index is -3.17. The normalized spacial score (nSPS) is 11.9. The zero-order valence-corrected chi connectivity index (χ0v) is 9.72. The first-order chi connectivity index (χ1) is 7.37. The lowest BCUT2D eigenvalue weighted by atomic mass is 10.1. The van der Waals surface area contributed by atoms with Gasteiger partial charge in [0, 0.05) is 6.54 Å². The van der Waals surface area contributed by atoms with Gasteiger partial charge < -0.3 is 15.7 Å². The third-order valence-corrected chi connectivity index (χ3v) is 1.94. The maximum atomic E-state index is 12.5. The molecule has 0 aromatic carbocycles. The number of aliphatic hydroxyl groups excluding tert-OH is 1. The summed E-state index contributed by atoms with van der Waals surface area (Å²) in [5.41, 5.74) is 0. The Kier molecular flexibility index (Phi) is 7.16. The average molecular weight is 238 g/mol. The van der Waals surface area contributed by atoms with Crippen molar-refractivity contribution in [2.45, 2.75) is 26.2 Å². The van der Waals surface area contributed by atoms with Crippen LogP contribution in [0.15, 0.2) is 0 Å². The van der Waals surface area contributed by atoms with Crippen molar-refractivity contribution < 1.29 is 18.7 Å². The van der Waals surface area contributed by atoms with Crippen LogP contribution in [0.25, 0.3) is 0 Å². The molecule has 0 unspecified atom stereocenters. The van der Waals surface area contributed by atoms with E-state index in [2.05, 4.69) is 10.6 Å². The van der Waals surface area contributed by atoms with Crippen molar-refractivity contribution in [2.24, 2.45) is 5.92 Å². The van der Waals surface area contributed by atoms with E-state index in [-0.39, 0.29) is 12.5 Å². The number of halogens is 2. The van der Waals surface area contributed by atoms with E-state index in [0.717, 1.165) is 6.42 Å². The Labute approximate surface area is 94.4 Å². The van der Waals surface area contributed by atoms with E-state index in [9.17, 15) is 13.6 Å². The highest BCUT2D eigenvalue weighted by atomic mass is 19.3. The van der Waals surface area contributed by atoms with Crippen molar-refractivity contribution in [3.8, 4) is 0 Å². The first kappa shape index (κ1) is 15.2. The summed E-state index contributed by atoms with van der Waals surface area (Å²) in [5.74, 6) is -2.99. The summed E-state index contributed by atoms with van der Waals surface area (Å²) in [4.78, 5) is 11.1. The molecule has 0 atom stereocenters. The lowest BCUT2D eigenvalue weighted by Gasteiger charge is -2.13. The first-order valence-corrected chi connectivity index (χ1v) is 5.33. The van der Waals surface area contributed by atoms with Crippen LogP contribution < -0.4 is 10.6 Å². The third kappa shape index (κ3) is 8.55. The summed E-state index contributed by atoms with van der Waals surface area (Å²) in [7, 11) is 0. The standard InChI is InChI=1S/C10H20F2N2O2/c1-8(2)3-4-14-9(16)5-13-6-10(11,12)7-15/h8,13,15H,3-7H2,1-2H3,(H,14,16). The van der Waals surface area contributed by atoms with Gasteiger partial charge in [0.15, 0.2) is 0 Å². The van der Waals surface area contributed by atoms with Gasteiger partial charge in [-0.2, -0.15) is 0 Å². The fraction of sp³-hybridized carbons (Fsp3) is 0.900. The quantitative estimate of drug-likeness (QED) is 0.572. The summed E-state index contributed by atoms with van der Waals surface area (Å²) < 4.78 is 25.0. The molecule has 0 radical (unpaired) electrons. The van der Waals surface area contributed by atoms with Crippen molar-refractivity contribution in [1.29, 1.82) is 0 Å². The predicted molar refractivity (Wildman–Crippen MR) is 57.4 cm³/mol. The molecule has 0 aliphatic carbocycles. The Morgan fingerprint density at radius 1 is 1.44 bits per heavy atom. The fourth-order valence-electron chi connectivity index (χ4n) is 0.978. The predicted octanol–water partition coefficient (Wildman–Crippen LogP) is 0.366. The molecule has 0 fully saturated rings. The van der Waals surface area contributed by atoms with Crippen molar-refractivity contribution in [3.05, 3.63) is 0 Å². The topological polar surface area (TPSA) is 61.4 Å². The number of amides is 1. The number of rotatable bonds is 8. The summed E-state index contributed by atoms with van der Waals surface area (Å²) in [6, 6.07) is 0. The molecule has 96 valence electrons. The van der Waals surface area contributed by atoms with E-state index in [1.165, 1.54) is 0 Å². The number of carbonyl (C=O) groups is 1. The van der Waals surface area contributed by atoms with Gasteiger partial charge >= 0.3 is 0 Å². The molecule has 0 aromatic heterocycles. The van der Waals surface area contributed by atoms with Crippen LogP contribution in [0.1, 0.15) is 20.3 Å². The summed E-state index contributed by atoms with van der Waals surface area (Å²) in [6.07, 6.45) is 0.860. The van der Waals surface area contributed by atoms with Crippen LogP contribution in [0, 0.1) is 5.92 Å². The smallest absolute Gasteiger partial charge is 0.282 e. The van der Waals surface area contributed by atoms with Crippen molar-refractivity contribution in [3.63, 3.8) is 0 Å². The van der Waals surface area contributed by atoms with E-state index in [0.29, 0.717) is 12.5 Å². The number of alkyl halides is 2. The van der Waals surface area contributed by atoms with Gasteiger partial charge in [-0.3, -0.25) is 4.79 Å². The molecule has 0 aromatic rings. The highest BCUT2D eigenvalue weighted by Crippen LogP contribution is 2.09. The second-order valence-corrected chi connectivity index (χ2v) is 4.15. The van der Waals surface area contributed by atoms with Crippen LogP contribution in [0.2, 0.25) is 0 Å². The minimum absolute atomic E-state index is 0.159. The molecule has 0 saturated heterocycles. The maximum absolute atomic E-state index is 12.5. The lowest BCUT2D eigenvalue weighted by Crippen LogP contribution is -2.41. The Hall–Kier alpha value is -0.750. The Balaban J connectivity index is 3.51. The Morgan fingerprint density at radius 3 is 2.56 bits per heavy atom. The van der Waals surface area contributed by atoms with E-state index < -0.39 is 19.1 Å². The molecular weight excluding hydrogens is 218 g/mol. The third-order valence-electron chi connectivity index (χ3n) is 1.94. The van der Waals surface area contributed by atoms with Crippen molar-refractivity contribution in [1.82, 2.24) is 10.6 Å². The van der Waals surface area contributed by atoms with Gasteiger partial charge in [0.25, 0.3) is 5.92 Å². The van der Waals surface area contributed by atoms with Gasteiger partial charge in [0.05, 0.1) is 13.1 Å². The highest BCUT2D eigenvalue weighted by molar-refractivity contribution is 5.77. The van der Waals surface area contributed by atoms with Crippen molar-refractivity contribution >= 4 is 5.91 Å². The molecule has 0 heterocycles. The molecular formula is C10H20F2N2O2. The molecule has 6 heteroatoms. The SMILES string of the molecule is CC(C)CCNC(=O)CNCC(F)(F)CO. The first-order valence-electron chi connectivity index (χ1n) is 5.33. The molecule has 4 nitrogen and oxygen atoms in total. The molecule has 0 bridgehead atoms. The highest BCUT2D eigenvalue weighted by Gasteiger charge is 2.26. The Bertz CT molecular complexity index is 211. The number of nitrogens with one attached hydrogen (secondary N) is 2. The summed E-state index contributed by atoms with van der Waals surface area (Å²) in [6.45, 7) is 2.55. The number of hydrogen-bond acceptors (Lipinski definition) is 3. The summed E-state index contributed by atoms with van der Waals surface area (Å²) in [5, 5.41) is 13.2. The fourth-order valence-corrected chi connectivity index (χ4v) is 0.978. The molecule has 3 N–H and O–H groups in total. The van der Waals surface area contributed by atoms with Gasteiger partial charge in [-0.15, -0.1) is 0 Å². The molecule has 0 saturated carbocycles. The molecule has 16 heavy (non-hydrogen) atoms. The monoisotopic (exact) mass is 238 g/mol. The van der Waals surface area contributed by atoms with Gasteiger partial charge in [0.1, 0.15) is 6.61 Å². The van der Waals surface area contributed by atoms with Gasteiger partial charge in [-0.05, 0) is 12.3 Å². The summed E-state index contributed by atoms with van der Waals surface area (Å²) >= 11 is 0. The molecule has 0 spiro atoms. The zero-order chi connectivity index (χ0) is 12.6. The Morgan fingerprint density at radius 2 is 2.06 bits per heavy atom. The number of aliphatic hydroxyl groups is 1. The van der Waals surface area contributed by atoms with E-state index in [4.69, 9.17) is 5.11 Å². The van der Waals surface area contributed by atoms with E-state index >= 15 is 0 Å². The molecule has 0 aliphatic heterocycles. The maximum Gasteiger partial charge on any atom is 0.282 e. The zero-order valence-electron chi connectivity index (χ0n) is 9.72. The van der Waals surface area contributed by atoms with Gasteiger partial charge in [-0.25, -0.2) is 8.78 Å². The van der Waals surface area contributed by atoms with Crippen LogP contribution in [0.5, 0.6) is 0 Å². The average Bonchev–Trinajstić information content (AvgIpc) is 2.17. The van der Waals surface area contributed by atoms with Crippen LogP contribution in [0.4, 0.5) is 8.78 Å². The molecule has 0 aliphatic rings. The van der Waals surface area contributed by atoms with Crippen LogP contribution >= 0.6 is 0 Å². The number of carbonyl (C=O) groups excluding carboxylic acids is 1. The van der Waals surface area contributed by atoms with Crippen LogP contribution in [0.3, 0.4) is 0 Å². The van der Waals surface area contributed by atoms with Crippen LogP contribution in [-0.2, 0) is 4.79 Å². The second kappa shape index (κ2) is 7.51. The lowest BCUT2D eigenvalue weighted by molar-refractivity contribution is -0.120. The molecule has 0 rings (SSSR count). The largest absolute Gasteiger partial charge is 0.390 e. The van der Waals surface area contributed by atoms with E-state index in [1.807, 2.05) is 13.8 Å². The number of hydrogen-bond donors (Lipinski definition) is 3. The van der Waals surface area contributed by atoms with Crippen molar-refractivity contribution in [2.75, 3.05) is 26.2 Å². The molecule has 1 amide bonds. The van der Waals surface area contributed by atoms with Crippen LogP contribution in [-0.4, -0.2) is 43.2 Å². The van der Waals surface area contributed by atoms with E-state index in [1.54, 1.807) is 0 Å². The van der Waals surface area contributed by atoms with Gasteiger partial charge in [0.2, 0.25) is 5.91 Å². The van der Waals surface area contributed by atoms with Gasteiger partial charge in [-0.1, -0.05) is 13.8 Å². The second-order valence-electron chi connectivity index (χ2n) is 4.15.